The Labute approximate surface area is 244 Å². The van der Waals surface area contributed by atoms with E-state index in [0.717, 1.165) is 62.0 Å². The third kappa shape index (κ3) is 6.64. The second kappa shape index (κ2) is 12.6. The highest BCUT2D eigenvalue weighted by Gasteiger charge is 2.31. The number of alkyl halides is 3. The van der Waals surface area contributed by atoms with Crippen LogP contribution in [0.25, 0.3) is 22.6 Å². The minimum absolute atomic E-state index is 0.0399. The first-order chi connectivity index (χ1) is 20.2. The lowest BCUT2D eigenvalue weighted by atomic mass is 9.78. The van der Waals surface area contributed by atoms with Gasteiger partial charge in [-0.2, -0.15) is 13.2 Å². The first-order valence-electron chi connectivity index (χ1n) is 14.6. The molecule has 0 spiro atoms. The van der Waals surface area contributed by atoms with Gasteiger partial charge in [0.25, 0.3) is 0 Å². The molecule has 2 aromatic carbocycles. The number of carbonyl (C=O) groups is 1. The normalized spacial score (nSPS) is 14.7. The number of halogens is 3. The van der Waals surface area contributed by atoms with Crippen molar-refractivity contribution in [3.63, 3.8) is 0 Å². The van der Waals surface area contributed by atoms with E-state index in [1.165, 1.54) is 18.6 Å². The highest BCUT2D eigenvalue weighted by atomic mass is 19.4. The average molecular weight is 579 g/mol. The third-order valence-corrected chi connectivity index (χ3v) is 8.26. The Morgan fingerprint density at radius 2 is 1.88 bits per heavy atom. The number of aryl methyl sites for hydroxylation is 1. The van der Waals surface area contributed by atoms with Gasteiger partial charge in [0.1, 0.15) is 11.3 Å². The van der Waals surface area contributed by atoms with E-state index >= 15 is 0 Å². The highest BCUT2D eigenvalue weighted by molar-refractivity contribution is 5.89. The van der Waals surface area contributed by atoms with Gasteiger partial charge in [-0.25, -0.2) is 15.0 Å². The number of fused-ring (bicyclic) bond motifs is 1. The Hall–Kier alpha value is -3.79. The van der Waals surface area contributed by atoms with E-state index in [0.29, 0.717) is 40.6 Å². The summed E-state index contributed by atoms with van der Waals surface area (Å²) in [7, 11) is 2.11. The Kier molecular flexibility index (Phi) is 8.91. The fourth-order valence-electron chi connectivity index (χ4n) is 5.53. The zero-order valence-electron chi connectivity index (χ0n) is 24.3. The van der Waals surface area contributed by atoms with E-state index in [4.69, 9.17) is 4.98 Å². The number of hydrogen-bond acceptors (Lipinski definition) is 6. The zero-order valence-corrected chi connectivity index (χ0v) is 24.3. The average Bonchev–Trinajstić information content (AvgIpc) is 3.30. The topological polar surface area (TPSA) is 75.9 Å². The molecule has 7 nitrogen and oxygen atoms in total. The molecule has 0 amide bonds. The van der Waals surface area contributed by atoms with Gasteiger partial charge in [-0.15, -0.1) is 0 Å². The van der Waals surface area contributed by atoms with E-state index in [2.05, 4.69) is 34.2 Å². The smallest absolute Gasteiger partial charge is 0.365 e. The van der Waals surface area contributed by atoms with Crippen LogP contribution in [0.3, 0.4) is 0 Å². The number of rotatable bonds is 12. The molecule has 1 aliphatic carbocycles. The van der Waals surface area contributed by atoms with Crippen molar-refractivity contribution < 1.29 is 18.0 Å². The van der Waals surface area contributed by atoms with Gasteiger partial charge in [0.15, 0.2) is 23.6 Å². The van der Waals surface area contributed by atoms with Crippen LogP contribution in [-0.4, -0.2) is 56.9 Å². The van der Waals surface area contributed by atoms with Gasteiger partial charge in [0, 0.05) is 18.2 Å². The van der Waals surface area contributed by atoms with Crippen molar-refractivity contribution in [3.05, 3.63) is 71.0 Å². The van der Waals surface area contributed by atoms with E-state index in [1.54, 1.807) is 0 Å². The van der Waals surface area contributed by atoms with Crippen molar-refractivity contribution >= 4 is 23.3 Å². The molecule has 1 atom stereocenters. The van der Waals surface area contributed by atoms with Crippen molar-refractivity contribution in [1.29, 1.82) is 0 Å². The number of nitrogens with one attached hydrogen (secondary N) is 1. The summed E-state index contributed by atoms with van der Waals surface area (Å²) in [6.07, 6.45) is 1.65. The molecule has 2 heterocycles. The summed E-state index contributed by atoms with van der Waals surface area (Å²) < 4.78 is 41.7. The maximum Gasteiger partial charge on any atom is 0.416 e. The molecule has 1 fully saturated rings. The van der Waals surface area contributed by atoms with Crippen molar-refractivity contribution in [3.8, 4) is 11.4 Å². The molecule has 222 valence electrons. The molecule has 0 aliphatic heterocycles. The summed E-state index contributed by atoms with van der Waals surface area (Å²) >= 11 is 0. The fraction of sp³-hybridized carbons (Fsp3) is 0.438. The molecule has 0 radical (unpaired) electrons. The van der Waals surface area contributed by atoms with Crippen LogP contribution in [0, 0.1) is 12.8 Å². The van der Waals surface area contributed by atoms with Gasteiger partial charge in [-0.1, -0.05) is 49.2 Å². The van der Waals surface area contributed by atoms with Crippen molar-refractivity contribution in [2.24, 2.45) is 5.92 Å². The Balaban J connectivity index is 1.60. The number of hydrogen-bond donors (Lipinski definition) is 1. The van der Waals surface area contributed by atoms with Crippen molar-refractivity contribution in [2.45, 2.75) is 64.7 Å². The van der Waals surface area contributed by atoms with Gasteiger partial charge in [0.2, 0.25) is 0 Å². The molecular formula is C32H37F3N6O. The van der Waals surface area contributed by atoms with Crippen LogP contribution in [0.4, 0.5) is 19.0 Å². The quantitative estimate of drug-likeness (QED) is 0.183. The molecule has 0 bridgehead atoms. The first-order valence-corrected chi connectivity index (χ1v) is 14.6. The number of aromatic nitrogens is 4. The van der Waals surface area contributed by atoms with Crippen molar-refractivity contribution in [2.75, 3.05) is 25.5 Å². The largest absolute Gasteiger partial charge is 0.416 e. The van der Waals surface area contributed by atoms with Gasteiger partial charge in [-0.05, 0) is 82.4 Å². The van der Waals surface area contributed by atoms with Crippen LogP contribution in [-0.2, 0) is 12.7 Å². The minimum atomic E-state index is -4.41. The Morgan fingerprint density at radius 3 is 2.50 bits per heavy atom. The molecule has 0 saturated heterocycles. The summed E-state index contributed by atoms with van der Waals surface area (Å²) in [6.45, 7) is 6.36. The van der Waals surface area contributed by atoms with Crippen LogP contribution in [0.15, 0.2) is 48.5 Å². The first kappa shape index (κ1) is 29.7. The van der Waals surface area contributed by atoms with Crippen LogP contribution >= 0.6 is 0 Å². The monoisotopic (exact) mass is 578 g/mol. The lowest BCUT2D eigenvalue weighted by molar-refractivity contribution is -0.137. The maximum absolute atomic E-state index is 13.3. The van der Waals surface area contributed by atoms with Crippen LogP contribution in [0.5, 0.6) is 0 Å². The number of anilines is 1. The van der Waals surface area contributed by atoms with E-state index in [-0.39, 0.29) is 18.4 Å². The second-order valence-corrected chi connectivity index (χ2v) is 11.3. The molecular weight excluding hydrogens is 541 g/mol. The molecule has 1 saturated carbocycles. The van der Waals surface area contributed by atoms with Crippen LogP contribution in [0.2, 0.25) is 0 Å². The Morgan fingerprint density at radius 1 is 1.12 bits per heavy atom. The summed E-state index contributed by atoms with van der Waals surface area (Å²) in [5.74, 6) is 1.68. The second-order valence-electron chi connectivity index (χ2n) is 11.3. The molecule has 5 rings (SSSR count). The molecule has 1 aliphatic rings. The number of nitrogens with zero attached hydrogens (tertiary/aromatic N) is 5. The molecule has 42 heavy (non-hydrogen) atoms. The number of imidazole rings is 1. The maximum atomic E-state index is 13.3. The van der Waals surface area contributed by atoms with E-state index in [9.17, 15) is 18.0 Å². The summed E-state index contributed by atoms with van der Waals surface area (Å²) in [4.78, 5) is 28.1. The van der Waals surface area contributed by atoms with Crippen molar-refractivity contribution in [1.82, 2.24) is 24.4 Å². The standard InChI is InChI=1S/C32H37F3N6O/c1-4-40(3)17-7-12-26(23-9-6-10-23)36-29-28-30(38-27(20-42)37-29)39-31(24-11-5-8-21(2)18-24)41(28)19-22-13-15-25(16-14-22)32(33,34)35/h5,8,11,13-16,18,20,23,26H,4,6-7,9-10,12,17,19H2,1-3H3,(H,36,37,38). The predicted octanol–water partition coefficient (Wildman–Crippen LogP) is 6.99. The number of benzene rings is 2. The lowest BCUT2D eigenvalue weighted by Gasteiger charge is -2.35. The summed E-state index contributed by atoms with van der Waals surface area (Å²) in [5, 5.41) is 3.68. The van der Waals surface area contributed by atoms with E-state index < -0.39 is 11.7 Å². The summed E-state index contributed by atoms with van der Waals surface area (Å²) in [6, 6.07) is 13.2. The van der Waals surface area contributed by atoms with Gasteiger partial charge < -0.3 is 14.8 Å². The molecule has 1 N–H and O–H groups in total. The predicted molar refractivity (Wildman–Crippen MR) is 159 cm³/mol. The van der Waals surface area contributed by atoms with Gasteiger partial charge >= 0.3 is 6.18 Å². The van der Waals surface area contributed by atoms with Crippen LogP contribution in [0.1, 0.15) is 66.3 Å². The summed E-state index contributed by atoms with van der Waals surface area (Å²) in [5.41, 5.74) is 2.87. The molecule has 1 unspecified atom stereocenters. The van der Waals surface area contributed by atoms with Gasteiger partial charge in [-0.3, -0.25) is 4.79 Å². The molecule has 10 heteroatoms. The molecule has 4 aromatic rings. The minimum Gasteiger partial charge on any atom is -0.365 e. The highest BCUT2D eigenvalue weighted by Crippen LogP contribution is 2.36. The zero-order chi connectivity index (χ0) is 29.9. The molecule has 2 aromatic heterocycles. The van der Waals surface area contributed by atoms with E-state index in [1.807, 2.05) is 35.8 Å². The van der Waals surface area contributed by atoms with Crippen LogP contribution < -0.4 is 5.32 Å². The SMILES string of the molecule is CCN(C)CCCC(Nc1nc(C=O)nc2nc(-c3cccc(C)c3)n(Cc3ccc(C(F)(F)F)cc3)c12)C1CCC1. The van der Waals surface area contributed by atoms with Gasteiger partial charge in [0.05, 0.1) is 5.56 Å². The fourth-order valence-corrected chi connectivity index (χ4v) is 5.53. The third-order valence-electron chi connectivity index (χ3n) is 8.26. The lowest BCUT2D eigenvalue weighted by Crippen LogP contribution is -2.35. The number of aldehydes is 1. The number of carbonyl (C=O) groups excluding carboxylic acids is 1. The Bertz CT molecular complexity index is 1530.